The number of anilines is 2. The van der Waals surface area contributed by atoms with Crippen LogP contribution in [-0.4, -0.2) is 18.9 Å². The molecule has 3 aromatic carbocycles. The molecule has 2 N–H and O–H groups in total. The van der Waals surface area contributed by atoms with Crippen LogP contribution in [0.2, 0.25) is 0 Å². The van der Waals surface area contributed by atoms with Crippen LogP contribution in [0, 0.1) is 0 Å². The largest absolute Gasteiger partial charge is 0.497 e. The van der Waals surface area contributed by atoms with Gasteiger partial charge < -0.3 is 19.8 Å². The van der Waals surface area contributed by atoms with E-state index in [0.29, 0.717) is 28.1 Å². The van der Waals surface area contributed by atoms with Crippen molar-refractivity contribution in [2.24, 2.45) is 0 Å². The number of hydrogen-bond acceptors (Lipinski definition) is 4. The van der Waals surface area contributed by atoms with E-state index in [0.717, 1.165) is 5.56 Å². The van der Waals surface area contributed by atoms with E-state index in [1.54, 1.807) is 55.7 Å². The molecule has 0 atom stereocenters. The van der Waals surface area contributed by atoms with Crippen molar-refractivity contribution in [2.45, 2.75) is 0 Å². The molecular formula is C25H20N2O4. The summed E-state index contributed by atoms with van der Waals surface area (Å²) in [5.74, 6) is -0.129. The molecule has 4 rings (SSSR count). The predicted molar refractivity (Wildman–Crippen MR) is 121 cm³/mol. The van der Waals surface area contributed by atoms with Crippen LogP contribution in [0.1, 0.15) is 16.1 Å². The lowest BCUT2D eigenvalue weighted by atomic mass is 10.2. The average Bonchev–Trinajstić information content (AvgIpc) is 3.17. The summed E-state index contributed by atoms with van der Waals surface area (Å²) in [4.78, 5) is 25.5. The highest BCUT2D eigenvalue weighted by atomic mass is 16.5. The molecule has 0 spiro atoms. The lowest BCUT2D eigenvalue weighted by Crippen LogP contribution is -2.15. The number of fused-ring (bicyclic) bond motifs is 1. The Kier molecular flexibility index (Phi) is 5.80. The minimum absolute atomic E-state index is 0.0264. The molecule has 0 unspecified atom stereocenters. The first-order chi connectivity index (χ1) is 15.1. The number of furan rings is 1. The SMILES string of the molecule is COc1ccc(NC(=O)c2oc3ccccc3c2NC(=O)/C=C/c2ccccc2)cc1. The topological polar surface area (TPSA) is 80.6 Å². The van der Waals surface area contributed by atoms with Gasteiger partial charge in [0.2, 0.25) is 11.7 Å². The molecule has 154 valence electrons. The highest BCUT2D eigenvalue weighted by Crippen LogP contribution is 2.31. The molecule has 0 saturated heterocycles. The van der Waals surface area contributed by atoms with Crippen molar-refractivity contribution in [3.05, 3.63) is 96.3 Å². The fourth-order valence-electron chi connectivity index (χ4n) is 3.09. The molecule has 0 aliphatic carbocycles. The molecule has 0 fully saturated rings. The fourth-order valence-corrected chi connectivity index (χ4v) is 3.09. The Morgan fingerprint density at radius 1 is 0.871 bits per heavy atom. The van der Waals surface area contributed by atoms with Gasteiger partial charge in [-0.25, -0.2) is 0 Å². The van der Waals surface area contributed by atoms with Gasteiger partial charge in [0.25, 0.3) is 5.91 Å². The molecular weight excluding hydrogens is 392 g/mol. The van der Waals surface area contributed by atoms with Gasteiger partial charge in [0.05, 0.1) is 7.11 Å². The zero-order valence-electron chi connectivity index (χ0n) is 16.8. The van der Waals surface area contributed by atoms with Gasteiger partial charge >= 0.3 is 0 Å². The van der Waals surface area contributed by atoms with Crippen LogP contribution in [-0.2, 0) is 4.79 Å². The number of ether oxygens (including phenoxy) is 1. The minimum Gasteiger partial charge on any atom is -0.497 e. The number of rotatable bonds is 6. The number of amides is 2. The highest BCUT2D eigenvalue weighted by molar-refractivity contribution is 6.16. The second-order valence-electron chi connectivity index (χ2n) is 6.72. The third kappa shape index (κ3) is 4.64. The number of carbonyl (C=O) groups excluding carboxylic acids is 2. The normalized spacial score (nSPS) is 10.9. The average molecular weight is 412 g/mol. The number of para-hydroxylation sites is 1. The monoisotopic (exact) mass is 412 g/mol. The lowest BCUT2D eigenvalue weighted by molar-refractivity contribution is -0.111. The molecule has 31 heavy (non-hydrogen) atoms. The Labute approximate surface area is 179 Å². The van der Waals surface area contributed by atoms with E-state index in [1.807, 2.05) is 36.4 Å². The van der Waals surface area contributed by atoms with Gasteiger partial charge in [-0.15, -0.1) is 0 Å². The molecule has 6 nitrogen and oxygen atoms in total. The smallest absolute Gasteiger partial charge is 0.293 e. The van der Waals surface area contributed by atoms with Crippen molar-refractivity contribution in [2.75, 3.05) is 17.7 Å². The molecule has 1 aromatic heterocycles. The van der Waals surface area contributed by atoms with Crippen molar-refractivity contribution in [1.82, 2.24) is 0 Å². The van der Waals surface area contributed by atoms with Crippen LogP contribution >= 0.6 is 0 Å². The van der Waals surface area contributed by atoms with Crippen molar-refractivity contribution in [3.8, 4) is 5.75 Å². The second-order valence-corrected chi connectivity index (χ2v) is 6.72. The van der Waals surface area contributed by atoms with E-state index in [2.05, 4.69) is 10.6 Å². The molecule has 0 aliphatic rings. The Hall–Kier alpha value is -4.32. The Bertz CT molecular complexity index is 1240. The first-order valence-electron chi connectivity index (χ1n) is 9.65. The third-order valence-corrected chi connectivity index (χ3v) is 4.62. The molecule has 2 amide bonds. The molecule has 0 bridgehead atoms. The summed E-state index contributed by atoms with van der Waals surface area (Å²) in [6.45, 7) is 0. The predicted octanol–water partition coefficient (Wildman–Crippen LogP) is 5.35. The first-order valence-corrected chi connectivity index (χ1v) is 9.65. The van der Waals surface area contributed by atoms with Crippen molar-refractivity contribution >= 4 is 40.2 Å². The van der Waals surface area contributed by atoms with E-state index >= 15 is 0 Å². The fraction of sp³-hybridized carbons (Fsp3) is 0.0400. The van der Waals surface area contributed by atoms with Gasteiger partial charge in [-0.05, 0) is 48.0 Å². The maximum atomic E-state index is 12.9. The second kappa shape index (κ2) is 9.00. The summed E-state index contributed by atoms with van der Waals surface area (Å²) in [6, 6.07) is 23.6. The number of carbonyl (C=O) groups is 2. The number of benzene rings is 3. The number of methoxy groups -OCH3 is 1. The van der Waals surface area contributed by atoms with Crippen LogP contribution in [0.4, 0.5) is 11.4 Å². The van der Waals surface area contributed by atoms with Gasteiger partial charge in [0.15, 0.2) is 0 Å². The zero-order chi connectivity index (χ0) is 21.6. The van der Waals surface area contributed by atoms with Gasteiger partial charge in [0, 0.05) is 17.1 Å². The highest BCUT2D eigenvalue weighted by Gasteiger charge is 2.22. The molecule has 6 heteroatoms. The number of nitrogens with one attached hydrogen (secondary N) is 2. The van der Waals surface area contributed by atoms with E-state index in [1.165, 1.54) is 6.08 Å². The first kappa shape index (κ1) is 20.0. The molecule has 0 saturated carbocycles. The van der Waals surface area contributed by atoms with Crippen LogP contribution in [0.15, 0.2) is 89.4 Å². The zero-order valence-corrected chi connectivity index (χ0v) is 16.8. The standard InChI is InChI=1S/C25H20N2O4/c1-30-19-14-12-18(13-15-19)26-25(29)24-23(20-9-5-6-10-21(20)31-24)27-22(28)16-11-17-7-3-2-4-8-17/h2-16H,1H3,(H,26,29)(H,27,28)/b16-11+. The van der Waals surface area contributed by atoms with E-state index < -0.39 is 5.91 Å². The number of hydrogen-bond donors (Lipinski definition) is 2. The van der Waals surface area contributed by atoms with E-state index in [-0.39, 0.29) is 11.7 Å². The maximum Gasteiger partial charge on any atom is 0.293 e. The summed E-state index contributed by atoms with van der Waals surface area (Å²) in [6.07, 6.45) is 3.12. The van der Waals surface area contributed by atoms with Crippen LogP contribution in [0.3, 0.4) is 0 Å². The van der Waals surface area contributed by atoms with Crippen LogP contribution < -0.4 is 15.4 Å². The summed E-state index contributed by atoms with van der Waals surface area (Å²) < 4.78 is 10.9. The van der Waals surface area contributed by atoms with Crippen LogP contribution in [0.25, 0.3) is 17.0 Å². The van der Waals surface area contributed by atoms with E-state index in [9.17, 15) is 9.59 Å². The van der Waals surface area contributed by atoms with E-state index in [4.69, 9.17) is 9.15 Å². The summed E-state index contributed by atoms with van der Waals surface area (Å²) in [7, 11) is 1.57. The molecule has 1 heterocycles. The van der Waals surface area contributed by atoms with Crippen molar-refractivity contribution < 1.29 is 18.7 Å². The Balaban J connectivity index is 1.59. The lowest BCUT2D eigenvalue weighted by Gasteiger charge is -2.07. The minimum atomic E-state index is -0.469. The Morgan fingerprint density at radius 3 is 2.32 bits per heavy atom. The van der Waals surface area contributed by atoms with Gasteiger partial charge in [-0.1, -0.05) is 42.5 Å². The van der Waals surface area contributed by atoms with Crippen LogP contribution in [0.5, 0.6) is 5.75 Å². The molecule has 0 radical (unpaired) electrons. The van der Waals surface area contributed by atoms with Crippen molar-refractivity contribution in [3.63, 3.8) is 0 Å². The summed E-state index contributed by atoms with van der Waals surface area (Å²) >= 11 is 0. The quantitative estimate of drug-likeness (QED) is 0.419. The molecule has 4 aromatic rings. The van der Waals surface area contributed by atoms with Crippen molar-refractivity contribution in [1.29, 1.82) is 0 Å². The molecule has 0 aliphatic heterocycles. The van der Waals surface area contributed by atoms with Gasteiger partial charge in [-0.3, -0.25) is 9.59 Å². The van der Waals surface area contributed by atoms with Gasteiger partial charge in [-0.2, -0.15) is 0 Å². The Morgan fingerprint density at radius 2 is 1.58 bits per heavy atom. The summed E-state index contributed by atoms with van der Waals surface area (Å²) in [5.41, 5.74) is 2.30. The summed E-state index contributed by atoms with van der Waals surface area (Å²) in [5, 5.41) is 6.22. The maximum absolute atomic E-state index is 12.9. The van der Waals surface area contributed by atoms with Gasteiger partial charge in [0.1, 0.15) is 17.0 Å². The third-order valence-electron chi connectivity index (χ3n) is 4.62.